The quantitative estimate of drug-likeness (QED) is 0.875. The van der Waals surface area contributed by atoms with E-state index in [0.717, 1.165) is 17.5 Å². The van der Waals surface area contributed by atoms with Crippen molar-refractivity contribution in [2.45, 2.75) is 57.0 Å². The molecule has 0 aliphatic heterocycles. The number of thioether (sulfide) groups is 1. The molecule has 1 N–H and O–H groups in total. The van der Waals surface area contributed by atoms with Crippen molar-refractivity contribution in [2.75, 3.05) is 6.26 Å². The molecular formula is C13H23N3S. The van der Waals surface area contributed by atoms with E-state index in [2.05, 4.69) is 42.8 Å². The van der Waals surface area contributed by atoms with Gasteiger partial charge in [-0.3, -0.25) is 4.68 Å². The summed E-state index contributed by atoms with van der Waals surface area (Å²) in [4.78, 5) is 0. The summed E-state index contributed by atoms with van der Waals surface area (Å²) in [6.45, 7) is 5.22. The molecule has 0 spiro atoms. The molecule has 1 aromatic rings. The number of hydrogen-bond acceptors (Lipinski definition) is 3. The molecule has 1 saturated carbocycles. The smallest absolute Gasteiger partial charge is 0.0762 e. The fraction of sp³-hybridized carbons (Fsp3) is 0.769. The Kier molecular flexibility index (Phi) is 4.51. The first-order valence-corrected chi connectivity index (χ1v) is 7.79. The second-order valence-electron chi connectivity index (χ2n) is 5.07. The minimum Gasteiger partial charge on any atom is -0.307 e. The highest BCUT2D eigenvalue weighted by Crippen LogP contribution is 2.28. The van der Waals surface area contributed by atoms with Gasteiger partial charge in [0.25, 0.3) is 0 Å². The topological polar surface area (TPSA) is 29.9 Å². The first kappa shape index (κ1) is 13.0. The molecule has 96 valence electrons. The zero-order valence-corrected chi connectivity index (χ0v) is 11.8. The summed E-state index contributed by atoms with van der Waals surface area (Å²) < 4.78 is 2.03. The van der Waals surface area contributed by atoms with Gasteiger partial charge in [-0.15, -0.1) is 0 Å². The highest BCUT2D eigenvalue weighted by molar-refractivity contribution is 7.99. The molecule has 1 aromatic heterocycles. The second-order valence-corrected chi connectivity index (χ2v) is 6.15. The third-order valence-corrected chi connectivity index (χ3v) is 4.66. The SMILES string of the molecule is CSC1CCCC1NCc1ccn(C(C)C)n1. The van der Waals surface area contributed by atoms with Gasteiger partial charge < -0.3 is 5.32 Å². The first-order valence-electron chi connectivity index (χ1n) is 6.51. The fourth-order valence-electron chi connectivity index (χ4n) is 2.44. The Hall–Kier alpha value is -0.480. The molecule has 1 aliphatic rings. The Morgan fingerprint density at radius 3 is 3.00 bits per heavy atom. The van der Waals surface area contributed by atoms with Gasteiger partial charge in [0.05, 0.1) is 5.69 Å². The molecule has 17 heavy (non-hydrogen) atoms. The highest BCUT2D eigenvalue weighted by Gasteiger charge is 2.25. The monoisotopic (exact) mass is 253 g/mol. The van der Waals surface area contributed by atoms with Crippen LogP contribution >= 0.6 is 11.8 Å². The van der Waals surface area contributed by atoms with E-state index in [4.69, 9.17) is 0 Å². The lowest BCUT2D eigenvalue weighted by molar-refractivity contribution is 0.500. The number of nitrogens with zero attached hydrogens (tertiary/aromatic N) is 2. The van der Waals surface area contributed by atoms with E-state index >= 15 is 0 Å². The Morgan fingerprint density at radius 1 is 1.53 bits per heavy atom. The van der Waals surface area contributed by atoms with Crippen LogP contribution in [-0.4, -0.2) is 27.3 Å². The number of rotatable bonds is 5. The van der Waals surface area contributed by atoms with Gasteiger partial charge in [-0.25, -0.2) is 0 Å². The maximum atomic E-state index is 4.57. The van der Waals surface area contributed by atoms with Crippen LogP contribution in [0.3, 0.4) is 0 Å². The lowest BCUT2D eigenvalue weighted by atomic mass is 10.2. The van der Waals surface area contributed by atoms with Crippen LogP contribution in [0, 0.1) is 0 Å². The van der Waals surface area contributed by atoms with Crippen molar-refractivity contribution >= 4 is 11.8 Å². The minimum absolute atomic E-state index is 0.453. The lowest BCUT2D eigenvalue weighted by Crippen LogP contribution is -2.33. The molecule has 2 atom stereocenters. The Balaban J connectivity index is 1.84. The number of aromatic nitrogens is 2. The van der Waals surface area contributed by atoms with E-state index < -0.39 is 0 Å². The standard InChI is InChI=1S/C13H23N3S/c1-10(2)16-8-7-11(15-16)9-14-12-5-4-6-13(12)17-3/h7-8,10,12-14H,4-6,9H2,1-3H3. The Bertz CT molecular complexity index is 348. The van der Waals surface area contributed by atoms with Crippen molar-refractivity contribution in [1.82, 2.24) is 15.1 Å². The summed E-state index contributed by atoms with van der Waals surface area (Å²) in [5.41, 5.74) is 1.16. The summed E-state index contributed by atoms with van der Waals surface area (Å²) >= 11 is 2.00. The predicted octanol–water partition coefficient (Wildman–Crippen LogP) is 2.84. The summed E-state index contributed by atoms with van der Waals surface area (Å²) in [7, 11) is 0. The van der Waals surface area contributed by atoms with Gasteiger partial charge in [0, 0.05) is 30.1 Å². The van der Waals surface area contributed by atoms with E-state index in [-0.39, 0.29) is 0 Å². The van der Waals surface area contributed by atoms with Gasteiger partial charge in [-0.1, -0.05) is 6.42 Å². The largest absolute Gasteiger partial charge is 0.307 e. The Labute approximate surface area is 108 Å². The van der Waals surface area contributed by atoms with Gasteiger partial charge in [0.1, 0.15) is 0 Å². The van der Waals surface area contributed by atoms with Crippen LogP contribution in [0.15, 0.2) is 12.3 Å². The van der Waals surface area contributed by atoms with Crippen LogP contribution in [0.1, 0.15) is 44.8 Å². The van der Waals surface area contributed by atoms with Crippen molar-refractivity contribution < 1.29 is 0 Å². The van der Waals surface area contributed by atoms with Gasteiger partial charge >= 0.3 is 0 Å². The minimum atomic E-state index is 0.453. The van der Waals surface area contributed by atoms with E-state index in [1.807, 2.05) is 16.4 Å². The molecule has 1 aliphatic carbocycles. The van der Waals surface area contributed by atoms with E-state index in [0.29, 0.717) is 12.1 Å². The van der Waals surface area contributed by atoms with Crippen LogP contribution in [0.5, 0.6) is 0 Å². The third kappa shape index (κ3) is 3.26. The second kappa shape index (κ2) is 5.91. The molecule has 0 aromatic carbocycles. The van der Waals surface area contributed by atoms with E-state index in [1.54, 1.807) is 0 Å². The average Bonchev–Trinajstić information content (AvgIpc) is 2.95. The average molecular weight is 253 g/mol. The van der Waals surface area contributed by atoms with Crippen LogP contribution < -0.4 is 5.32 Å². The molecule has 3 nitrogen and oxygen atoms in total. The molecule has 1 fully saturated rings. The van der Waals surface area contributed by atoms with E-state index in [1.165, 1.54) is 19.3 Å². The molecule has 1 heterocycles. The predicted molar refractivity (Wildman–Crippen MR) is 74.4 cm³/mol. The van der Waals surface area contributed by atoms with Gasteiger partial charge in [0.15, 0.2) is 0 Å². The maximum absolute atomic E-state index is 4.57. The third-order valence-electron chi connectivity index (χ3n) is 3.49. The van der Waals surface area contributed by atoms with Crippen molar-refractivity contribution in [3.8, 4) is 0 Å². The zero-order valence-electron chi connectivity index (χ0n) is 11.0. The summed E-state index contributed by atoms with van der Waals surface area (Å²) in [5, 5.41) is 9.02. The molecule has 0 amide bonds. The summed E-state index contributed by atoms with van der Waals surface area (Å²) in [6, 6.07) is 3.25. The van der Waals surface area contributed by atoms with Crippen LogP contribution in [0.2, 0.25) is 0 Å². The normalized spacial score (nSPS) is 24.7. The Morgan fingerprint density at radius 2 is 2.35 bits per heavy atom. The maximum Gasteiger partial charge on any atom is 0.0762 e. The van der Waals surface area contributed by atoms with E-state index in [9.17, 15) is 0 Å². The molecule has 2 unspecified atom stereocenters. The van der Waals surface area contributed by atoms with Crippen molar-refractivity contribution in [2.24, 2.45) is 0 Å². The molecule has 0 bridgehead atoms. The molecule has 2 rings (SSSR count). The molecule has 0 radical (unpaired) electrons. The number of hydrogen-bond donors (Lipinski definition) is 1. The first-order chi connectivity index (χ1) is 8.20. The summed E-state index contributed by atoms with van der Waals surface area (Å²) in [5.74, 6) is 0. The summed E-state index contributed by atoms with van der Waals surface area (Å²) in [6.07, 6.45) is 8.33. The van der Waals surface area contributed by atoms with Gasteiger partial charge in [-0.2, -0.15) is 16.9 Å². The zero-order chi connectivity index (χ0) is 12.3. The molecule has 4 heteroatoms. The fourth-order valence-corrected chi connectivity index (χ4v) is 3.40. The molecule has 0 saturated heterocycles. The highest BCUT2D eigenvalue weighted by atomic mass is 32.2. The van der Waals surface area contributed by atoms with Crippen LogP contribution in [-0.2, 0) is 6.54 Å². The van der Waals surface area contributed by atoms with Crippen molar-refractivity contribution in [3.63, 3.8) is 0 Å². The van der Waals surface area contributed by atoms with Crippen molar-refractivity contribution in [3.05, 3.63) is 18.0 Å². The van der Waals surface area contributed by atoms with Gasteiger partial charge in [-0.05, 0) is 39.0 Å². The number of nitrogens with one attached hydrogen (secondary N) is 1. The molecular weight excluding hydrogens is 230 g/mol. The van der Waals surface area contributed by atoms with Crippen LogP contribution in [0.4, 0.5) is 0 Å². The van der Waals surface area contributed by atoms with Gasteiger partial charge in [0.2, 0.25) is 0 Å². The van der Waals surface area contributed by atoms with Crippen molar-refractivity contribution in [1.29, 1.82) is 0 Å². The lowest BCUT2D eigenvalue weighted by Gasteiger charge is -2.18. The van der Waals surface area contributed by atoms with Crippen LogP contribution in [0.25, 0.3) is 0 Å².